The summed E-state index contributed by atoms with van der Waals surface area (Å²) in [6, 6.07) is 5.83. The number of aromatic nitrogens is 2. The molecule has 2 aromatic rings. The third kappa shape index (κ3) is 1.75. The van der Waals surface area contributed by atoms with Crippen LogP contribution in [0.2, 0.25) is 0 Å². The van der Waals surface area contributed by atoms with Crippen molar-refractivity contribution in [2.75, 3.05) is 5.73 Å². The lowest BCUT2D eigenvalue weighted by atomic mass is 10.3. The van der Waals surface area contributed by atoms with E-state index in [0.717, 1.165) is 0 Å². The van der Waals surface area contributed by atoms with Gasteiger partial charge in [-0.15, -0.1) is 10.2 Å². The fourth-order valence-corrected chi connectivity index (χ4v) is 1.04. The molecule has 0 bridgehead atoms. The van der Waals surface area contributed by atoms with Crippen LogP contribution in [-0.4, -0.2) is 15.1 Å². The summed E-state index contributed by atoms with van der Waals surface area (Å²) in [6.07, 6.45) is 0. The molecule has 76 valence electrons. The Bertz CT molecular complexity index is 491. The predicted molar refractivity (Wildman–Crippen MR) is 50.8 cm³/mol. The SMILES string of the molecule is Nc1ccc(-c2ccc([N+](=O)[O-])o2)nn1. The Morgan fingerprint density at radius 2 is 2.07 bits per heavy atom. The second-order valence-electron chi connectivity index (χ2n) is 2.74. The smallest absolute Gasteiger partial charge is 0.399 e. The molecule has 0 radical (unpaired) electrons. The van der Waals surface area contributed by atoms with E-state index in [-0.39, 0.29) is 17.5 Å². The standard InChI is InChI=1S/C8H6N4O3/c9-7-3-1-5(10-11-7)6-2-4-8(15-6)12(13)14/h1-4H,(H2,9,11). The van der Waals surface area contributed by atoms with Gasteiger partial charge in [0.2, 0.25) is 0 Å². The molecule has 0 atom stereocenters. The molecule has 0 amide bonds. The number of furan rings is 1. The summed E-state index contributed by atoms with van der Waals surface area (Å²) in [7, 11) is 0. The zero-order chi connectivity index (χ0) is 10.8. The highest BCUT2D eigenvalue weighted by Crippen LogP contribution is 2.23. The molecule has 0 aromatic carbocycles. The molecule has 2 heterocycles. The van der Waals surface area contributed by atoms with Crippen molar-refractivity contribution in [1.29, 1.82) is 0 Å². The van der Waals surface area contributed by atoms with Crippen LogP contribution in [0.25, 0.3) is 11.5 Å². The van der Waals surface area contributed by atoms with Crippen molar-refractivity contribution in [3.8, 4) is 11.5 Å². The van der Waals surface area contributed by atoms with Crippen LogP contribution < -0.4 is 5.73 Å². The minimum absolute atomic E-state index is 0.278. The minimum atomic E-state index is -0.617. The first kappa shape index (κ1) is 9.13. The number of rotatable bonds is 2. The molecule has 0 saturated heterocycles. The van der Waals surface area contributed by atoms with Crippen LogP contribution in [0.4, 0.5) is 11.7 Å². The van der Waals surface area contributed by atoms with Crippen molar-refractivity contribution in [3.05, 3.63) is 34.4 Å². The summed E-state index contributed by atoms with van der Waals surface area (Å²) in [5, 5.41) is 17.7. The highest BCUT2D eigenvalue weighted by atomic mass is 16.6. The maximum Gasteiger partial charge on any atom is 0.433 e. The van der Waals surface area contributed by atoms with Crippen LogP contribution in [0, 0.1) is 10.1 Å². The largest absolute Gasteiger partial charge is 0.433 e. The third-order valence-electron chi connectivity index (χ3n) is 1.71. The Morgan fingerprint density at radius 3 is 2.60 bits per heavy atom. The average molecular weight is 206 g/mol. The van der Waals surface area contributed by atoms with Gasteiger partial charge in [0.25, 0.3) is 0 Å². The Morgan fingerprint density at radius 1 is 1.27 bits per heavy atom. The normalized spacial score (nSPS) is 10.1. The molecule has 2 rings (SSSR count). The van der Waals surface area contributed by atoms with Crippen LogP contribution in [-0.2, 0) is 0 Å². The van der Waals surface area contributed by atoms with Gasteiger partial charge in [-0.2, -0.15) is 0 Å². The number of hydrogen-bond donors (Lipinski definition) is 1. The molecular weight excluding hydrogens is 200 g/mol. The van der Waals surface area contributed by atoms with E-state index in [1.807, 2.05) is 0 Å². The summed E-state index contributed by atoms with van der Waals surface area (Å²) < 4.78 is 4.93. The van der Waals surface area contributed by atoms with Gasteiger partial charge >= 0.3 is 5.88 Å². The first-order valence-corrected chi connectivity index (χ1v) is 4.00. The monoisotopic (exact) mass is 206 g/mol. The molecule has 7 nitrogen and oxygen atoms in total. The summed E-state index contributed by atoms with van der Waals surface area (Å²) >= 11 is 0. The molecule has 7 heteroatoms. The second kappa shape index (κ2) is 3.37. The number of nitrogens with two attached hydrogens (primary N) is 1. The van der Waals surface area contributed by atoms with Crippen molar-refractivity contribution >= 4 is 11.7 Å². The van der Waals surface area contributed by atoms with Crippen molar-refractivity contribution in [2.45, 2.75) is 0 Å². The van der Waals surface area contributed by atoms with Gasteiger partial charge in [-0.3, -0.25) is 10.1 Å². The van der Waals surface area contributed by atoms with Gasteiger partial charge in [-0.1, -0.05) is 0 Å². The Labute approximate surface area is 83.7 Å². The van der Waals surface area contributed by atoms with Crippen LogP contribution >= 0.6 is 0 Å². The van der Waals surface area contributed by atoms with E-state index in [0.29, 0.717) is 5.69 Å². The van der Waals surface area contributed by atoms with E-state index < -0.39 is 4.92 Å². The lowest BCUT2D eigenvalue weighted by Crippen LogP contribution is -1.93. The van der Waals surface area contributed by atoms with Gasteiger partial charge in [0.1, 0.15) is 16.4 Å². The van der Waals surface area contributed by atoms with Crippen LogP contribution in [0.5, 0.6) is 0 Å². The average Bonchev–Trinajstić information content (AvgIpc) is 2.68. The minimum Gasteiger partial charge on any atom is -0.399 e. The van der Waals surface area contributed by atoms with E-state index in [2.05, 4.69) is 10.2 Å². The fraction of sp³-hybridized carbons (Fsp3) is 0. The van der Waals surface area contributed by atoms with E-state index in [4.69, 9.17) is 10.2 Å². The van der Waals surface area contributed by atoms with Crippen molar-refractivity contribution in [2.24, 2.45) is 0 Å². The molecule has 0 unspecified atom stereocenters. The molecule has 0 saturated carbocycles. The molecule has 0 spiro atoms. The maximum atomic E-state index is 10.4. The molecule has 0 aliphatic rings. The third-order valence-corrected chi connectivity index (χ3v) is 1.71. The Hall–Kier alpha value is -2.44. The number of hydrogen-bond acceptors (Lipinski definition) is 6. The van der Waals surface area contributed by atoms with Crippen molar-refractivity contribution < 1.29 is 9.34 Å². The second-order valence-corrected chi connectivity index (χ2v) is 2.74. The summed E-state index contributed by atoms with van der Waals surface area (Å²) in [5.41, 5.74) is 5.75. The lowest BCUT2D eigenvalue weighted by molar-refractivity contribution is -0.401. The molecule has 2 aromatic heterocycles. The molecule has 0 aliphatic carbocycles. The predicted octanol–water partition coefficient (Wildman–Crippen LogP) is 1.23. The zero-order valence-corrected chi connectivity index (χ0v) is 7.45. The Balaban J connectivity index is 2.37. The molecule has 0 fully saturated rings. The van der Waals surface area contributed by atoms with E-state index >= 15 is 0 Å². The number of nitro groups is 1. The Kier molecular flexibility index (Phi) is 2.05. The summed E-state index contributed by atoms with van der Waals surface area (Å²) in [5.74, 6) is 0.234. The lowest BCUT2D eigenvalue weighted by Gasteiger charge is -1.93. The van der Waals surface area contributed by atoms with Gasteiger partial charge in [0.05, 0.1) is 6.07 Å². The fourth-order valence-electron chi connectivity index (χ4n) is 1.04. The van der Waals surface area contributed by atoms with Gasteiger partial charge in [0.15, 0.2) is 5.76 Å². The summed E-state index contributed by atoms with van der Waals surface area (Å²) in [6.45, 7) is 0. The van der Waals surface area contributed by atoms with Gasteiger partial charge in [-0.05, 0) is 18.2 Å². The first-order chi connectivity index (χ1) is 7.16. The van der Waals surface area contributed by atoms with Crippen molar-refractivity contribution in [3.63, 3.8) is 0 Å². The topological polar surface area (TPSA) is 108 Å². The maximum absolute atomic E-state index is 10.4. The van der Waals surface area contributed by atoms with Gasteiger partial charge in [0, 0.05) is 0 Å². The molecule has 2 N–H and O–H groups in total. The highest BCUT2D eigenvalue weighted by molar-refractivity contribution is 5.53. The quantitative estimate of drug-likeness (QED) is 0.584. The highest BCUT2D eigenvalue weighted by Gasteiger charge is 2.13. The van der Waals surface area contributed by atoms with Crippen LogP contribution in [0.3, 0.4) is 0 Å². The molecule has 0 aliphatic heterocycles. The first-order valence-electron chi connectivity index (χ1n) is 4.00. The van der Waals surface area contributed by atoms with E-state index in [9.17, 15) is 10.1 Å². The van der Waals surface area contributed by atoms with Crippen LogP contribution in [0.15, 0.2) is 28.7 Å². The number of nitrogens with zero attached hydrogens (tertiary/aromatic N) is 3. The number of anilines is 1. The van der Waals surface area contributed by atoms with E-state index in [1.165, 1.54) is 18.2 Å². The number of nitrogen functional groups attached to an aromatic ring is 1. The molecule has 15 heavy (non-hydrogen) atoms. The van der Waals surface area contributed by atoms with Crippen molar-refractivity contribution in [1.82, 2.24) is 10.2 Å². The zero-order valence-electron chi connectivity index (χ0n) is 7.45. The summed E-state index contributed by atoms with van der Waals surface area (Å²) in [4.78, 5) is 9.74. The van der Waals surface area contributed by atoms with Crippen LogP contribution in [0.1, 0.15) is 0 Å². The van der Waals surface area contributed by atoms with Gasteiger partial charge in [-0.25, -0.2) is 0 Å². The van der Waals surface area contributed by atoms with E-state index in [1.54, 1.807) is 6.07 Å². The van der Waals surface area contributed by atoms with Gasteiger partial charge < -0.3 is 10.2 Å². The molecular formula is C8H6N4O3.